The van der Waals surface area contributed by atoms with Gasteiger partial charge in [-0.25, -0.2) is 9.37 Å². The minimum Gasteiger partial charge on any atom is -0.443 e. The van der Waals surface area contributed by atoms with E-state index in [0.29, 0.717) is 23.9 Å². The number of hydrogen-bond acceptors (Lipinski definition) is 3. The van der Waals surface area contributed by atoms with Gasteiger partial charge in [0.25, 0.3) is 0 Å². The van der Waals surface area contributed by atoms with Crippen molar-refractivity contribution in [1.82, 2.24) is 10.3 Å². The molecule has 1 saturated carbocycles. The van der Waals surface area contributed by atoms with Crippen LogP contribution in [0.25, 0.3) is 11.3 Å². The molecule has 1 aromatic heterocycles. The summed E-state index contributed by atoms with van der Waals surface area (Å²) in [6, 6.07) is 5.24. The fraction of sp³-hybridized carbons (Fsp3) is 0.308. The molecule has 94 valence electrons. The zero-order chi connectivity index (χ0) is 12.5. The zero-order valence-corrected chi connectivity index (χ0v) is 10.4. The molecule has 1 N–H and O–H groups in total. The molecule has 18 heavy (non-hydrogen) atoms. The Hall–Kier alpha value is -1.39. The number of nitrogens with zero attached hydrogens (tertiary/aromatic N) is 1. The molecule has 1 aromatic carbocycles. The maximum Gasteiger partial charge on any atom is 0.181 e. The van der Waals surface area contributed by atoms with E-state index in [2.05, 4.69) is 10.3 Å². The number of halogens is 2. The second-order valence-electron chi connectivity index (χ2n) is 4.38. The van der Waals surface area contributed by atoms with Gasteiger partial charge in [-0.2, -0.15) is 0 Å². The Morgan fingerprint density at radius 3 is 3.06 bits per heavy atom. The lowest BCUT2D eigenvalue weighted by Crippen LogP contribution is -2.16. The molecule has 1 heterocycles. The van der Waals surface area contributed by atoms with Crippen molar-refractivity contribution < 1.29 is 8.81 Å². The summed E-state index contributed by atoms with van der Waals surface area (Å²) in [6.07, 6.45) is 3.77. The molecule has 3 rings (SSSR count). The molecule has 1 aliphatic rings. The standard InChI is InChI=1S/C13H12ClFN2O/c14-12-9(2-1-3-10(12)15)13-11(17-7-18-13)6-16-8-4-5-8/h1-3,7-8,16H,4-6H2. The van der Waals surface area contributed by atoms with Crippen molar-refractivity contribution in [2.45, 2.75) is 25.4 Å². The van der Waals surface area contributed by atoms with Crippen LogP contribution >= 0.6 is 11.6 Å². The van der Waals surface area contributed by atoms with Gasteiger partial charge in [0.05, 0.1) is 5.02 Å². The number of benzene rings is 1. The predicted octanol–water partition coefficient (Wildman–Crippen LogP) is 3.39. The number of nitrogens with one attached hydrogen (secondary N) is 1. The van der Waals surface area contributed by atoms with Crippen LogP contribution < -0.4 is 5.32 Å². The summed E-state index contributed by atoms with van der Waals surface area (Å²) < 4.78 is 18.8. The largest absolute Gasteiger partial charge is 0.443 e. The van der Waals surface area contributed by atoms with Crippen LogP contribution in [0.4, 0.5) is 4.39 Å². The van der Waals surface area contributed by atoms with Crippen LogP contribution in [-0.2, 0) is 6.54 Å². The van der Waals surface area contributed by atoms with Gasteiger partial charge < -0.3 is 9.73 Å². The van der Waals surface area contributed by atoms with Crippen molar-refractivity contribution in [1.29, 1.82) is 0 Å². The molecule has 5 heteroatoms. The van der Waals surface area contributed by atoms with Gasteiger partial charge in [0.1, 0.15) is 11.5 Å². The van der Waals surface area contributed by atoms with E-state index in [0.717, 1.165) is 5.69 Å². The Balaban J connectivity index is 1.90. The Morgan fingerprint density at radius 2 is 2.28 bits per heavy atom. The maximum absolute atomic E-state index is 13.4. The van der Waals surface area contributed by atoms with E-state index in [4.69, 9.17) is 16.0 Å². The third-order valence-corrected chi connectivity index (χ3v) is 3.36. The van der Waals surface area contributed by atoms with Crippen molar-refractivity contribution in [2.75, 3.05) is 0 Å². The molecular weight excluding hydrogens is 255 g/mol. The Labute approximate surface area is 109 Å². The molecule has 0 aliphatic heterocycles. The van der Waals surface area contributed by atoms with E-state index in [1.807, 2.05) is 0 Å². The van der Waals surface area contributed by atoms with E-state index >= 15 is 0 Å². The Bertz CT molecular complexity index is 566. The molecule has 0 atom stereocenters. The number of oxazole rings is 1. The smallest absolute Gasteiger partial charge is 0.181 e. The third kappa shape index (κ3) is 2.26. The topological polar surface area (TPSA) is 38.1 Å². The van der Waals surface area contributed by atoms with Gasteiger partial charge in [-0.15, -0.1) is 0 Å². The van der Waals surface area contributed by atoms with E-state index in [9.17, 15) is 4.39 Å². The summed E-state index contributed by atoms with van der Waals surface area (Å²) in [6.45, 7) is 0.614. The summed E-state index contributed by atoms with van der Waals surface area (Å²) >= 11 is 5.95. The minimum absolute atomic E-state index is 0.0712. The lowest BCUT2D eigenvalue weighted by atomic mass is 10.1. The molecule has 0 bridgehead atoms. The normalized spacial score (nSPS) is 15.0. The summed E-state index contributed by atoms with van der Waals surface area (Å²) in [7, 11) is 0. The van der Waals surface area contributed by atoms with Crippen molar-refractivity contribution in [3.8, 4) is 11.3 Å². The summed E-state index contributed by atoms with van der Waals surface area (Å²) in [5.74, 6) is 0.0827. The highest BCUT2D eigenvalue weighted by Gasteiger charge is 2.22. The lowest BCUT2D eigenvalue weighted by molar-refractivity contribution is 0.567. The van der Waals surface area contributed by atoms with Gasteiger partial charge in [0.2, 0.25) is 0 Å². The van der Waals surface area contributed by atoms with Crippen molar-refractivity contribution in [3.05, 3.63) is 41.1 Å². The number of aromatic nitrogens is 1. The van der Waals surface area contributed by atoms with Gasteiger partial charge in [-0.1, -0.05) is 17.7 Å². The molecule has 1 fully saturated rings. The molecule has 0 unspecified atom stereocenters. The van der Waals surface area contributed by atoms with Crippen molar-refractivity contribution >= 4 is 11.6 Å². The van der Waals surface area contributed by atoms with Gasteiger partial charge in [0, 0.05) is 18.2 Å². The van der Waals surface area contributed by atoms with Gasteiger partial charge in [0.15, 0.2) is 12.2 Å². The monoisotopic (exact) mass is 266 g/mol. The van der Waals surface area contributed by atoms with Gasteiger partial charge >= 0.3 is 0 Å². The quantitative estimate of drug-likeness (QED) is 0.922. The molecule has 3 nitrogen and oxygen atoms in total. The summed E-state index contributed by atoms with van der Waals surface area (Å²) in [5.41, 5.74) is 1.30. The highest BCUT2D eigenvalue weighted by molar-refractivity contribution is 6.33. The minimum atomic E-state index is -0.452. The molecule has 1 aliphatic carbocycles. The molecule has 0 radical (unpaired) electrons. The van der Waals surface area contributed by atoms with E-state index < -0.39 is 5.82 Å². The second kappa shape index (κ2) is 4.71. The first-order valence-electron chi connectivity index (χ1n) is 5.86. The SMILES string of the molecule is Fc1cccc(-c2ocnc2CNC2CC2)c1Cl. The van der Waals surface area contributed by atoms with Crippen molar-refractivity contribution in [3.63, 3.8) is 0 Å². The van der Waals surface area contributed by atoms with E-state index in [1.165, 1.54) is 25.3 Å². The number of rotatable bonds is 4. The third-order valence-electron chi connectivity index (χ3n) is 2.97. The van der Waals surface area contributed by atoms with E-state index in [1.54, 1.807) is 12.1 Å². The van der Waals surface area contributed by atoms with Gasteiger partial charge in [-0.05, 0) is 25.0 Å². The van der Waals surface area contributed by atoms with Crippen LogP contribution in [-0.4, -0.2) is 11.0 Å². The average Bonchev–Trinajstić information content (AvgIpc) is 3.08. The van der Waals surface area contributed by atoms with Crippen molar-refractivity contribution in [2.24, 2.45) is 0 Å². The van der Waals surface area contributed by atoms with Gasteiger partial charge in [-0.3, -0.25) is 0 Å². The van der Waals surface area contributed by atoms with Crippen LogP contribution in [0.3, 0.4) is 0 Å². The molecule has 0 amide bonds. The van der Waals surface area contributed by atoms with Crippen LogP contribution in [0.15, 0.2) is 29.0 Å². The van der Waals surface area contributed by atoms with Crippen LogP contribution in [0.2, 0.25) is 5.02 Å². The first-order chi connectivity index (χ1) is 8.75. The fourth-order valence-electron chi connectivity index (χ4n) is 1.82. The highest BCUT2D eigenvalue weighted by Crippen LogP contribution is 2.32. The fourth-order valence-corrected chi connectivity index (χ4v) is 2.03. The van der Waals surface area contributed by atoms with E-state index in [-0.39, 0.29) is 5.02 Å². The summed E-state index contributed by atoms with van der Waals surface area (Å²) in [4.78, 5) is 4.15. The first-order valence-corrected chi connectivity index (χ1v) is 6.23. The number of hydrogen-bond donors (Lipinski definition) is 1. The highest BCUT2D eigenvalue weighted by atomic mass is 35.5. The molecule has 0 spiro atoms. The maximum atomic E-state index is 13.4. The first kappa shape index (κ1) is 11.7. The van der Waals surface area contributed by atoms with Crippen LogP contribution in [0.5, 0.6) is 0 Å². The second-order valence-corrected chi connectivity index (χ2v) is 4.76. The van der Waals surface area contributed by atoms with Crippen LogP contribution in [0, 0.1) is 5.82 Å². The summed E-state index contributed by atoms with van der Waals surface area (Å²) in [5, 5.41) is 3.42. The average molecular weight is 267 g/mol. The molecular formula is C13H12ClFN2O. The Kier molecular flexibility index (Phi) is 3.06. The Morgan fingerprint density at radius 1 is 1.44 bits per heavy atom. The molecule has 0 saturated heterocycles. The predicted molar refractivity (Wildman–Crippen MR) is 66.8 cm³/mol. The zero-order valence-electron chi connectivity index (χ0n) is 9.62. The van der Waals surface area contributed by atoms with Crippen LogP contribution in [0.1, 0.15) is 18.5 Å². The lowest BCUT2D eigenvalue weighted by Gasteiger charge is -2.05. The molecule has 2 aromatic rings.